The van der Waals surface area contributed by atoms with Gasteiger partial charge < -0.3 is 14.4 Å². The van der Waals surface area contributed by atoms with E-state index >= 15 is 0 Å². The molecule has 0 spiro atoms. The highest BCUT2D eigenvalue weighted by atomic mass is 16.5. The van der Waals surface area contributed by atoms with Gasteiger partial charge in [0.25, 0.3) is 0 Å². The predicted molar refractivity (Wildman–Crippen MR) is 108 cm³/mol. The zero-order chi connectivity index (χ0) is 20.6. The van der Waals surface area contributed by atoms with Crippen molar-refractivity contribution < 1.29 is 19.1 Å². The van der Waals surface area contributed by atoms with E-state index in [0.29, 0.717) is 5.95 Å². The Hall–Kier alpha value is -3.00. The molecule has 2 heterocycles. The van der Waals surface area contributed by atoms with Crippen LogP contribution in [0.2, 0.25) is 0 Å². The number of benzene rings is 1. The van der Waals surface area contributed by atoms with E-state index in [1.54, 1.807) is 13.8 Å². The number of hydrogen-bond acceptors (Lipinski definition) is 8. The van der Waals surface area contributed by atoms with Crippen LogP contribution in [0.1, 0.15) is 40.3 Å². The summed E-state index contributed by atoms with van der Waals surface area (Å²) in [5.41, 5.74) is 1.25. The number of aromatic nitrogens is 2. The summed E-state index contributed by atoms with van der Waals surface area (Å²) < 4.78 is 10.1. The summed E-state index contributed by atoms with van der Waals surface area (Å²) in [5, 5.41) is 0. The van der Waals surface area contributed by atoms with Crippen LogP contribution in [0, 0.1) is 0 Å². The third-order valence-electron chi connectivity index (χ3n) is 4.64. The molecule has 8 nitrogen and oxygen atoms in total. The highest BCUT2D eigenvalue weighted by Crippen LogP contribution is 2.17. The summed E-state index contributed by atoms with van der Waals surface area (Å²) in [5.74, 6) is -0.864. The highest BCUT2D eigenvalue weighted by molar-refractivity contribution is 6.01. The number of nitrogens with zero attached hydrogens (tertiary/aromatic N) is 4. The van der Waals surface area contributed by atoms with Crippen LogP contribution < -0.4 is 4.90 Å². The maximum absolute atomic E-state index is 12.3. The fourth-order valence-corrected chi connectivity index (χ4v) is 3.19. The average Bonchev–Trinajstić information content (AvgIpc) is 2.75. The summed E-state index contributed by atoms with van der Waals surface area (Å²) in [7, 11) is 0. The molecule has 0 radical (unpaired) electrons. The molecule has 2 aromatic rings. The van der Waals surface area contributed by atoms with Crippen LogP contribution in [0.3, 0.4) is 0 Å². The molecule has 1 fully saturated rings. The molecular weight excluding hydrogens is 372 g/mol. The van der Waals surface area contributed by atoms with Gasteiger partial charge in [0, 0.05) is 38.9 Å². The largest absolute Gasteiger partial charge is 0.462 e. The van der Waals surface area contributed by atoms with Crippen molar-refractivity contribution in [1.29, 1.82) is 0 Å². The lowest BCUT2D eigenvalue weighted by Gasteiger charge is -2.34. The molecule has 0 saturated carbocycles. The van der Waals surface area contributed by atoms with Crippen LogP contribution in [0.15, 0.2) is 36.5 Å². The summed E-state index contributed by atoms with van der Waals surface area (Å²) in [6.45, 7) is 7.86. The number of hydrogen-bond donors (Lipinski definition) is 0. The molecule has 1 aliphatic rings. The quantitative estimate of drug-likeness (QED) is 0.656. The van der Waals surface area contributed by atoms with Gasteiger partial charge in [-0.2, -0.15) is 0 Å². The molecule has 29 heavy (non-hydrogen) atoms. The molecule has 154 valence electrons. The number of ether oxygens (including phenoxy) is 2. The second-order valence-corrected chi connectivity index (χ2v) is 6.62. The molecule has 1 aromatic carbocycles. The zero-order valence-corrected chi connectivity index (χ0v) is 16.8. The van der Waals surface area contributed by atoms with Gasteiger partial charge in [-0.3, -0.25) is 4.90 Å². The third kappa shape index (κ3) is 5.29. The Kier molecular flexibility index (Phi) is 7.13. The smallest absolute Gasteiger partial charge is 0.358 e. The maximum atomic E-state index is 12.3. The number of carbonyl (C=O) groups is 2. The first-order valence-electron chi connectivity index (χ1n) is 9.84. The minimum Gasteiger partial charge on any atom is -0.462 e. The minimum atomic E-state index is -0.651. The van der Waals surface area contributed by atoms with Gasteiger partial charge >= 0.3 is 11.9 Å². The van der Waals surface area contributed by atoms with Crippen molar-refractivity contribution in [3.63, 3.8) is 0 Å². The van der Waals surface area contributed by atoms with Crippen molar-refractivity contribution in [3.8, 4) is 0 Å². The second-order valence-electron chi connectivity index (χ2n) is 6.62. The SMILES string of the molecule is CCOC(=O)c1cnc(N2CCN(Cc3ccccc3)CC2)nc1C(=O)OCC. The lowest BCUT2D eigenvalue weighted by atomic mass is 10.2. The van der Waals surface area contributed by atoms with Crippen LogP contribution >= 0.6 is 0 Å². The van der Waals surface area contributed by atoms with Crippen LogP contribution in [-0.4, -0.2) is 66.2 Å². The fourth-order valence-electron chi connectivity index (χ4n) is 3.19. The highest BCUT2D eigenvalue weighted by Gasteiger charge is 2.25. The van der Waals surface area contributed by atoms with Gasteiger partial charge in [0.05, 0.1) is 13.2 Å². The van der Waals surface area contributed by atoms with E-state index in [1.807, 2.05) is 23.1 Å². The molecule has 0 N–H and O–H groups in total. The van der Waals surface area contributed by atoms with Crippen molar-refractivity contribution in [2.24, 2.45) is 0 Å². The van der Waals surface area contributed by atoms with Gasteiger partial charge in [0.2, 0.25) is 5.95 Å². The van der Waals surface area contributed by atoms with Crippen LogP contribution in [0.4, 0.5) is 5.95 Å². The van der Waals surface area contributed by atoms with E-state index in [1.165, 1.54) is 11.8 Å². The molecule has 8 heteroatoms. The molecule has 0 bridgehead atoms. The molecule has 1 aromatic heterocycles. The number of carbonyl (C=O) groups excluding carboxylic acids is 2. The van der Waals surface area contributed by atoms with Gasteiger partial charge in [0.1, 0.15) is 5.56 Å². The molecule has 1 saturated heterocycles. The maximum Gasteiger partial charge on any atom is 0.358 e. The van der Waals surface area contributed by atoms with Gasteiger partial charge in [-0.05, 0) is 19.4 Å². The first kappa shape index (κ1) is 20.7. The Morgan fingerprint density at radius 1 is 0.966 bits per heavy atom. The third-order valence-corrected chi connectivity index (χ3v) is 4.64. The van der Waals surface area contributed by atoms with Crippen molar-refractivity contribution in [1.82, 2.24) is 14.9 Å². The predicted octanol–water partition coefficient (Wildman–Crippen LogP) is 2.15. The number of rotatable bonds is 7. The first-order chi connectivity index (χ1) is 14.1. The van der Waals surface area contributed by atoms with Gasteiger partial charge in [-0.1, -0.05) is 30.3 Å². The van der Waals surface area contributed by atoms with E-state index < -0.39 is 11.9 Å². The van der Waals surface area contributed by atoms with E-state index in [4.69, 9.17) is 9.47 Å². The second kappa shape index (κ2) is 9.97. The Bertz CT molecular complexity index is 836. The van der Waals surface area contributed by atoms with Crippen molar-refractivity contribution in [2.45, 2.75) is 20.4 Å². The number of piperazine rings is 1. The lowest BCUT2D eigenvalue weighted by Crippen LogP contribution is -2.46. The summed E-state index contributed by atoms with van der Waals surface area (Å²) in [4.78, 5) is 37.5. The van der Waals surface area contributed by atoms with E-state index in [-0.39, 0.29) is 24.5 Å². The van der Waals surface area contributed by atoms with Crippen LogP contribution in [0.5, 0.6) is 0 Å². The molecule has 0 unspecified atom stereocenters. The lowest BCUT2D eigenvalue weighted by molar-refractivity contribution is 0.0472. The normalized spacial score (nSPS) is 14.5. The number of esters is 2. The monoisotopic (exact) mass is 398 g/mol. The summed E-state index contributed by atoms with van der Waals surface area (Å²) >= 11 is 0. The van der Waals surface area contributed by atoms with Crippen molar-refractivity contribution >= 4 is 17.9 Å². The minimum absolute atomic E-state index is 0.0248. The Labute approximate surface area is 170 Å². The fraction of sp³-hybridized carbons (Fsp3) is 0.429. The number of anilines is 1. The van der Waals surface area contributed by atoms with E-state index in [9.17, 15) is 9.59 Å². The van der Waals surface area contributed by atoms with Gasteiger partial charge in [-0.25, -0.2) is 19.6 Å². The molecule has 0 atom stereocenters. The van der Waals surface area contributed by atoms with Crippen LogP contribution in [-0.2, 0) is 16.0 Å². The van der Waals surface area contributed by atoms with Crippen molar-refractivity contribution in [3.05, 3.63) is 53.3 Å². The summed E-state index contributed by atoms with van der Waals surface area (Å²) in [6.07, 6.45) is 1.35. The van der Waals surface area contributed by atoms with Crippen molar-refractivity contribution in [2.75, 3.05) is 44.3 Å². The Morgan fingerprint density at radius 2 is 1.62 bits per heavy atom. The molecule has 0 amide bonds. The topological polar surface area (TPSA) is 84.9 Å². The standard InChI is InChI=1S/C21H26N4O4/c1-3-28-19(26)17-14-22-21(23-18(17)20(27)29-4-2)25-12-10-24(11-13-25)15-16-8-6-5-7-9-16/h5-9,14H,3-4,10-13,15H2,1-2H3. The van der Waals surface area contributed by atoms with E-state index in [0.717, 1.165) is 32.7 Å². The Balaban J connectivity index is 1.71. The van der Waals surface area contributed by atoms with E-state index in [2.05, 4.69) is 27.0 Å². The Morgan fingerprint density at radius 3 is 2.28 bits per heavy atom. The van der Waals surface area contributed by atoms with Gasteiger partial charge in [0.15, 0.2) is 5.69 Å². The molecule has 0 aliphatic carbocycles. The molecule has 1 aliphatic heterocycles. The average molecular weight is 398 g/mol. The molecule has 3 rings (SSSR count). The molecular formula is C21H26N4O4. The van der Waals surface area contributed by atoms with Gasteiger partial charge in [-0.15, -0.1) is 0 Å². The first-order valence-corrected chi connectivity index (χ1v) is 9.84. The summed E-state index contributed by atoms with van der Waals surface area (Å²) in [6, 6.07) is 10.3. The van der Waals surface area contributed by atoms with Crippen LogP contribution in [0.25, 0.3) is 0 Å². The zero-order valence-electron chi connectivity index (χ0n) is 16.8.